The highest BCUT2D eigenvalue weighted by molar-refractivity contribution is 5.59. The highest BCUT2D eigenvalue weighted by atomic mass is 16.6. The van der Waals surface area contributed by atoms with Gasteiger partial charge in [0.1, 0.15) is 6.20 Å². The van der Waals surface area contributed by atoms with Crippen LogP contribution in [0.3, 0.4) is 0 Å². The van der Waals surface area contributed by atoms with Gasteiger partial charge in [-0.25, -0.2) is 4.98 Å². The lowest BCUT2D eigenvalue weighted by Crippen LogP contribution is -2.39. The Morgan fingerprint density at radius 1 is 1.47 bits per heavy atom. The zero-order chi connectivity index (χ0) is 14.0. The van der Waals surface area contributed by atoms with Crippen LogP contribution in [-0.2, 0) is 0 Å². The summed E-state index contributed by atoms with van der Waals surface area (Å²) in [5, 5.41) is 13.9. The normalized spacial score (nSPS) is 23.2. The molecule has 104 valence electrons. The number of aromatic nitrogens is 2. The number of anilines is 2. The Bertz CT molecular complexity index is 479. The molecule has 1 aromatic heterocycles. The van der Waals surface area contributed by atoms with Gasteiger partial charge in [-0.3, -0.25) is 10.1 Å². The van der Waals surface area contributed by atoms with E-state index in [9.17, 15) is 10.1 Å². The molecule has 0 radical (unpaired) electrons. The number of rotatable bonds is 3. The second-order valence-electron chi connectivity index (χ2n) is 5.10. The molecule has 7 nitrogen and oxygen atoms in total. The van der Waals surface area contributed by atoms with E-state index in [0.717, 1.165) is 19.5 Å². The largest absolute Gasteiger partial charge is 0.357 e. The Balaban J connectivity index is 2.34. The van der Waals surface area contributed by atoms with Crippen LogP contribution in [0.25, 0.3) is 0 Å². The highest BCUT2D eigenvalue weighted by Crippen LogP contribution is 2.31. The molecule has 7 heteroatoms. The van der Waals surface area contributed by atoms with E-state index in [-0.39, 0.29) is 5.69 Å². The topological polar surface area (TPSA) is 84.2 Å². The SMILES string of the molecule is CNc1ncc([N+](=O)[O-])c(N2CCC(C)C(C)C2)n1. The third-order valence-corrected chi connectivity index (χ3v) is 3.80. The number of nitro groups is 1. The van der Waals surface area contributed by atoms with Crippen molar-refractivity contribution in [3.8, 4) is 0 Å². The first-order chi connectivity index (χ1) is 9.02. The molecule has 2 rings (SSSR count). The molecule has 1 aliphatic rings. The van der Waals surface area contributed by atoms with Gasteiger partial charge in [-0.15, -0.1) is 0 Å². The van der Waals surface area contributed by atoms with Crippen LogP contribution < -0.4 is 10.2 Å². The van der Waals surface area contributed by atoms with Gasteiger partial charge in [0, 0.05) is 20.1 Å². The summed E-state index contributed by atoms with van der Waals surface area (Å²) in [4.78, 5) is 20.8. The van der Waals surface area contributed by atoms with Crippen molar-refractivity contribution in [2.75, 3.05) is 30.4 Å². The summed E-state index contributed by atoms with van der Waals surface area (Å²) in [5.74, 6) is 1.97. The third-order valence-electron chi connectivity index (χ3n) is 3.80. The van der Waals surface area contributed by atoms with Crippen LogP contribution in [0.1, 0.15) is 20.3 Å². The van der Waals surface area contributed by atoms with Gasteiger partial charge in [0.2, 0.25) is 11.8 Å². The Labute approximate surface area is 112 Å². The van der Waals surface area contributed by atoms with E-state index >= 15 is 0 Å². The first-order valence-electron chi connectivity index (χ1n) is 6.47. The van der Waals surface area contributed by atoms with E-state index in [1.54, 1.807) is 7.05 Å². The van der Waals surface area contributed by atoms with Gasteiger partial charge in [0.05, 0.1) is 4.92 Å². The summed E-state index contributed by atoms with van der Waals surface area (Å²) in [6, 6.07) is 0. The van der Waals surface area contributed by atoms with Gasteiger partial charge in [-0.1, -0.05) is 13.8 Å². The Kier molecular flexibility index (Phi) is 3.82. The van der Waals surface area contributed by atoms with Crippen LogP contribution in [0.4, 0.5) is 17.5 Å². The fourth-order valence-corrected chi connectivity index (χ4v) is 2.30. The smallest absolute Gasteiger partial charge is 0.329 e. The Morgan fingerprint density at radius 2 is 2.21 bits per heavy atom. The van der Waals surface area contributed by atoms with Crippen LogP contribution in [0.5, 0.6) is 0 Å². The van der Waals surface area contributed by atoms with E-state index < -0.39 is 4.92 Å². The number of hydrogen-bond donors (Lipinski definition) is 1. The van der Waals surface area contributed by atoms with Gasteiger partial charge in [0.25, 0.3) is 0 Å². The Morgan fingerprint density at radius 3 is 2.79 bits per heavy atom. The van der Waals surface area contributed by atoms with Crippen LogP contribution in [0.2, 0.25) is 0 Å². The summed E-state index contributed by atoms with van der Waals surface area (Å²) in [5.41, 5.74) is -0.0271. The summed E-state index contributed by atoms with van der Waals surface area (Å²) in [6.45, 7) is 5.98. The molecule has 1 saturated heterocycles. The minimum Gasteiger partial charge on any atom is -0.357 e. The molecule has 1 aromatic rings. The highest BCUT2D eigenvalue weighted by Gasteiger charge is 2.29. The van der Waals surface area contributed by atoms with Crippen molar-refractivity contribution < 1.29 is 4.92 Å². The van der Waals surface area contributed by atoms with Gasteiger partial charge < -0.3 is 10.2 Å². The number of piperidine rings is 1. The van der Waals surface area contributed by atoms with E-state index in [1.165, 1.54) is 6.20 Å². The average molecular weight is 265 g/mol. The lowest BCUT2D eigenvalue weighted by Gasteiger charge is -2.35. The quantitative estimate of drug-likeness (QED) is 0.664. The molecule has 2 unspecified atom stereocenters. The van der Waals surface area contributed by atoms with Crippen molar-refractivity contribution in [3.63, 3.8) is 0 Å². The van der Waals surface area contributed by atoms with Crippen molar-refractivity contribution in [2.24, 2.45) is 11.8 Å². The van der Waals surface area contributed by atoms with Crippen LogP contribution in [0, 0.1) is 22.0 Å². The first kappa shape index (κ1) is 13.5. The van der Waals surface area contributed by atoms with Crippen molar-refractivity contribution in [1.82, 2.24) is 9.97 Å². The van der Waals surface area contributed by atoms with Crippen molar-refractivity contribution >= 4 is 17.5 Å². The van der Waals surface area contributed by atoms with Crippen molar-refractivity contribution in [1.29, 1.82) is 0 Å². The molecule has 0 spiro atoms. The van der Waals surface area contributed by atoms with Gasteiger partial charge >= 0.3 is 5.69 Å². The van der Waals surface area contributed by atoms with E-state index in [0.29, 0.717) is 23.6 Å². The standard InChI is InChI=1S/C12H19N5O2/c1-8-4-5-16(7-9(8)2)11-10(17(18)19)6-14-12(13-3)15-11/h6,8-9H,4-5,7H2,1-3H3,(H,13,14,15). The lowest BCUT2D eigenvalue weighted by atomic mass is 9.89. The molecular formula is C12H19N5O2. The van der Waals surface area contributed by atoms with Gasteiger partial charge in [-0.05, 0) is 18.3 Å². The first-order valence-corrected chi connectivity index (χ1v) is 6.47. The second-order valence-corrected chi connectivity index (χ2v) is 5.10. The number of nitrogens with one attached hydrogen (secondary N) is 1. The van der Waals surface area contributed by atoms with E-state index in [1.807, 2.05) is 4.90 Å². The molecule has 0 aromatic carbocycles. The predicted molar refractivity (Wildman–Crippen MR) is 73.4 cm³/mol. The minimum absolute atomic E-state index is 0.0271. The summed E-state index contributed by atoms with van der Waals surface area (Å²) < 4.78 is 0. The average Bonchev–Trinajstić information content (AvgIpc) is 2.41. The monoisotopic (exact) mass is 265 g/mol. The maximum Gasteiger partial charge on any atom is 0.329 e. The molecule has 0 amide bonds. The molecular weight excluding hydrogens is 246 g/mol. The summed E-state index contributed by atoms with van der Waals surface area (Å²) in [6.07, 6.45) is 2.30. The van der Waals surface area contributed by atoms with Crippen molar-refractivity contribution in [3.05, 3.63) is 16.3 Å². The molecule has 1 N–H and O–H groups in total. The maximum absolute atomic E-state index is 11.1. The van der Waals surface area contributed by atoms with E-state index in [2.05, 4.69) is 29.1 Å². The molecule has 0 aliphatic carbocycles. The lowest BCUT2D eigenvalue weighted by molar-refractivity contribution is -0.384. The predicted octanol–water partition coefficient (Wildman–Crippen LogP) is 1.91. The molecule has 1 fully saturated rings. The van der Waals surface area contributed by atoms with Crippen LogP contribution in [-0.4, -0.2) is 35.0 Å². The number of hydrogen-bond acceptors (Lipinski definition) is 6. The molecule has 0 saturated carbocycles. The van der Waals surface area contributed by atoms with Crippen LogP contribution >= 0.6 is 0 Å². The zero-order valence-electron chi connectivity index (χ0n) is 11.5. The minimum atomic E-state index is -0.419. The Hall–Kier alpha value is -1.92. The molecule has 2 atom stereocenters. The third kappa shape index (κ3) is 2.74. The van der Waals surface area contributed by atoms with Gasteiger partial charge in [-0.2, -0.15) is 4.98 Å². The molecule has 0 bridgehead atoms. The van der Waals surface area contributed by atoms with Crippen LogP contribution in [0.15, 0.2) is 6.20 Å². The number of nitrogens with zero attached hydrogens (tertiary/aromatic N) is 4. The second kappa shape index (κ2) is 5.38. The molecule has 19 heavy (non-hydrogen) atoms. The van der Waals surface area contributed by atoms with Crippen molar-refractivity contribution in [2.45, 2.75) is 20.3 Å². The summed E-state index contributed by atoms with van der Waals surface area (Å²) >= 11 is 0. The fraction of sp³-hybridized carbons (Fsp3) is 0.667. The zero-order valence-corrected chi connectivity index (χ0v) is 11.5. The van der Waals surface area contributed by atoms with E-state index in [4.69, 9.17) is 0 Å². The fourth-order valence-electron chi connectivity index (χ4n) is 2.30. The maximum atomic E-state index is 11.1. The van der Waals surface area contributed by atoms with Gasteiger partial charge in [0.15, 0.2) is 0 Å². The molecule has 1 aliphatic heterocycles. The summed E-state index contributed by atoms with van der Waals surface area (Å²) in [7, 11) is 1.70. The molecule has 2 heterocycles.